The predicted octanol–water partition coefficient (Wildman–Crippen LogP) is 4.24. The molecule has 3 heteroatoms. The van der Waals surface area contributed by atoms with E-state index in [9.17, 15) is 0 Å². The fourth-order valence-electron chi connectivity index (χ4n) is 4.87. The van der Waals surface area contributed by atoms with Crippen molar-refractivity contribution in [1.29, 1.82) is 0 Å². The summed E-state index contributed by atoms with van der Waals surface area (Å²) in [4.78, 5) is 0. The lowest BCUT2D eigenvalue weighted by Gasteiger charge is -2.62. The van der Waals surface area contributed by atoms with Crippen LogP contribution in [0.2, 0.25) is 0 Å². The van der Waals surface area contributed by atoms with Crippen molar-refractivity contribution in [2.75, 3.05) is 0 Å². The SMILES string of the molecule is C[C@@H]1[C@H]2C[C@@H](C[C@H]1NCc1cc(-c3ccccc3)[nH]n1)C2(C)C. The molecule has 2 N–H and O–H groups in total. The third-order valence-corrected chi connectivity index (χ3v) is 6.62. The molecule has 2 aromatic rings. The van der Waals surface area contributed by atoms with E-state index in [2.05, 4.69) is 66.6 Å². The number of rotatable bonds is 4. The first-order valence-corrected chi connectivity index (χ1v) is 8.89. The van der Waals surface area contributed by atoms with Crippen LogP contribution in [0.3, 0.4) is 0 Å². The normalized spacial score (nSPS) is 31.6. The molecule has 122 valence electrons. The molecule has 0 amide bonds. The first-order chi connectivity index (χ1) is 11.1. The number of aromatic amines is 1. The van der Waals surface area contributed by atoms with Gasteiger partial charge in [-0.3, -0.25) is 5.10 Å². The molecule has 3 aliphatic rings. The Labute approximate surface area is 138 Å². The molecule has 2 bridgehead atoms. The molecular formula is C20H27N3. The average molecular weight is 309 g/mol. The van der Waals surface area contributed by atoms with Gasteiger partial charge in [-0.15, -0.1) is 0 Å². The van der Waals surface area contributed by atoms with Gasteiger partial charge in [0.25, 0.3) is 0 Å². The third-order valence-electron chi connectivity index (χ3n) is 6.62. The van der Waals surface area contributed by atoms with E-state index < -0.39 is 0 Å². The van der Waals surface area contributed by atoms with E-state index in [4.69, 9.17) is 0 Å². The van der Waals surface area contributed by atoms with Gasteiger partial charge in [0, 0.05) is 12.6 Å². The Balaban J connectivity index is 1.38. The Morgan fingerprint density at radius 3 is 2.70 bits per heavy atom. The van der Waals surface area contributed by atoms with E-state index in [0.717, 1.165) is 35.7 Å². The van der Waals surface area contributed by atoms with E-state index in [1.165, 1.54) is 18.4 Å². The van der Waals surface area contributed by atoms with E-state index in [-0.39, 0.29) is 0 Å². The summed E-state index contributed by atoms with van der Waals surface area (Å²) < 4.78 is 0. The lowest BCUT2D eigenvalue weighted by atomic mass is 9.45. The van der Waals surface area contributed by atoms with Gasteiger partial charge >= 0.3 is 0 Å². The number of fused-ring (bicyclic) bond motifs is 2. The zero-order valence-electron chi connectivity index (χ0n) is 14.3. The van der Waals surface area contributed by atoms with Gasteiger partial charge in [0.2, 0.25) is 0 Å². The van der Waals surface area contributed by atoms with Crippen LogP contribution in [0.15, 0.2) is 36.4 Å². The van der Waals surface area contributed by atoms with Crippen molar-refractivity contribution in [3.8, 4) is 11.3 Å². The minimum absolute atomic E-state index is 0.560. The van der Waals surface area contributed by atoms with Crippen molar-refractivity contribution >= 4 is 0 Å². The zero-order chi connectivity index (χ0) is 16.0. The highest BCUT2D eigenvalue weighted by Gasteiger charge is 2.55. The van der Waals surface area contributed by atoms with Gasteiger partial charge in [-0.05, 0) is 47.6 Å². The van der Waals surface area contributed by atoms with Crippen LogP contribution in [0.1, 0.15) is 39.3 Å². The van der Waals surface area contributed by atoms with Gasteiger partial charge in [-0.2, -0.15) is 5.10 Å². The maximum absolute atomic E-state index is 4.47. The molecule has 3 nitrogen and oxygen atoms in total. The van der Waals surface area contributed by atoms with Crippen molar-refractivity contribution < 1.29 is 0 Å². The Morgan fingerprint density at radius 1 is 1.22 bits per heavy atom. The first kappa shape index (κ1) is 14.9. The number of nitrogens with zero attached hydrogens (tertiary/aromatic N) is 1. The van der Waals surface area contributed by atoms with Crippen LogP contribution in [0.25, 0.3) is 11.3 Å². The fraction of sp³-hybridized carbons (Fsp3) is 0.550. The quantitative estimate of drug-likeness (QED) is 0.887. The standard InChI is InChI=1S/C20H27N3/c1-13-17-9-15(20(17,2)3)10-18(13)21-12-16-11-19(23-22-16)14-7-5-4-6-8-14/h4-8,11,13,15,17-18,21H,9-10,12H2,1-3H3,(H,22,23)/t13-,15+,17-,18-/m1/s1. The molecule has 0 saturated heterocycles. The van der Waals surface area contributed by atoms with Gasteiger partial charge < -0.3 is 5.32 Å². The molecule has 23 heavy (non-hydrogen) atoms. The summed E-state index contributed by atoms with van der Waals surface area (Å²) in [5.41, 5.74) is 3.96. The predicted molar refractivity (Wildman–Crippen MR) is 93.8 cm³/mol. The Bertz CT molecular complexity index is 673. The first-order valence-electron chi connectivity index (χ1n) is 8.89. The highest BCUT2D eigenvalue weighted by molar-refractivity contribution is 5.58. The number of benzene rings is 1. The average Bonchev–Trinajstić information content (AvgIpc) is 3.03. The Hall–Kier alpha value is -1.61. The molecule has 0 aliphatic heterocycles. The van der Waals surface area contributed by atoms with Crippen LogP contribution >= 0.6 is 0 Å². The molecule has 3 aliphatic carbocycles. The molecule has 5 rings (SSSR count). The molecule has 3 saturated carbocycles. The Morgan fingerprint density at radius 2 is 2.00 bits per heavy atom. The second-order valence-corrected chi connectivity index (χ2v) is 8.08. The summed E-state index contributed by atoms with van der Waals surface area (Å²) in [5.74, 6) is 2.56. The third kappa shape index (κ3) is 2.51. The van der Waals surface area contributed by atoms with Crippen LogP contribution in [0.4, 0.5) is 0 Å². The zero-order valence-corrected chi connectivity index (χ0v) is 14.3. The molecule has 1 aromatic carbocycles. The lowest BCUT2D eigenvalue weighted by Crippen LogP contribution is -2.59. The minimum Gasteiger partial charge on any atom is -0.308 e. The summed E-state index contributed by atoms with van der Waals surface area (Å²) in [5, 5.41) is 11.4. The fourth-order valence-corrected chi connectivity index (χ4v) is 4.87. The number of hydrogen-bond acceptors (Lipinski definition) is 2. The molecule has 0 unspecified atom stereocenters. The van der Waals surface area contributed by atoms with Gasteiger partial charge in [-0.25, -0.2) is 0 Å². The minimum atomic E-state index is 0.560. The van der Waals surface area contributed by atoms with Crippen molar-refractivity contribution in [1.82, 2.24) is 15.5 Å². The summed E-state index contributed by atoms with van der Waals surface area (Å²) >= 11 is 0. The lowest BCUT2D eigenvalue weighted by molar-refractivity contribution is -0.115. The second-order valence-electron chi connectivity index (χ2n) is 8.08. The van der Waals surface area contributed by atoms with Crippen molar-refractivity contribution in [2.45, 2.75) is 46.2 Å². The molecule has 0 spiro atoms. The van der Waals surface area contributed by atoms with E-state index in [0.29, 0.717) is 11.5 Å². The number of nitrogens with one attached hydrogen (secondary N) is 2. The molecule has 0 radical (unpaired) electrons. The van der Waals surface area contributed by atoms with Crippen LogP contribution in [-0.2, 0) is 6.54 Å². The van der Waals surface area contributed by atoms with Gasteiger partial charge in [0.15, 0.2) is 0 Å². The second kappa shape index (κ2) is 5.48. The van der Waals surface area contributed by atoms with Crippen molar-refractivity contribution in [3.05, 3.63) is 42.1 Å². The maximum atomic E-state index is 4.47. The van der Waals surface area contributed by atoms with Gasteiger partial charge in [0.1, 0.15) is 0 Å². The number of aromatic nitrogens is 2. The number of hydrogen-bond donors (Lipinski definition) is 2. The molecule has 1 heterocycles. The molecular weight excluding hydrogens is 282 g/mol. The van der Waals surface area contributed by atoms with E-state index >= 15 is 0 Å². The largest absolute Gasteiger partial charge is 0.308 e. The van der Waals surface area contributed by atoms with Crippen LogP contribution < -0.4 is 5.32 Å². The van der Waals surface area contributed by atoms with Gasteiger partial charge in [-0.1, -0.05) is 51.1 Å². The topological polar surface area (TPSA) is 40.7 Å². The van der Waals surface area contributed by atoms with Crippen LogP contribution in [0.5, 0.6) is 0 Å². The van der Waals surface area contributed by atoms with E-state index in [1.807, 2.05) is 6.07 Å². The number of H-pyrrole nitrogens is 1. The van der Waals surface area contributed by atoms with Crippen LogP contribution in [0, 0.1) is 23.2 Å². The summed E-state index contributed by atoms with van der Waals surface area (Å²) in [6, 6.07) is 13.2. The summed E-state index contributed by atoms with van der Waals surface area (Å²) in [6.45, 7) is 8.20. The summed E-state index contributed by atoms with van der Waals surface area (Å²) in [7, 11) is 0. The smallest absolute Gasteiger partial charge is 0.0766 e. The maximum Gasteiger partial charge on any atom is 0.0766 e. The van der Waals surface area contributed by atoms with Gasteiger partial charge in [0.05, 0.1) is 11.4 Å². The Kier molecular flexibility index (Phi) is 3.56. The molecule has 3 fully saturated rings. The van der Waals surface area contributed by atoms with Crippen LogP contribution in [-0.4, -0.2) is 16.2 Å². The highest BCUT2D eigenvalue weighted by Crippen LogP contribution is 2.61. The molecule has 4 atom stereocenters. The monoisotopic (exact) mass is 309 g/mol. The van der Waals surface area contributed by atoms with Crippen molar-refractivity contribution in [2.24, 2.45) is 23.2 Å². The van der Waals surface area contributed by atoms with Crippen molar-refractivity contribution in [3.63, 3.8) is 0 Å². The highest BCUT2D eigenvalue weighted by atomic mass is 15.1. The summed E-state index contributed by atoms with van der Waals surface area (Å²) in [6.07, 6.45) is 2.76. The molecule has 1 aromatic heterocycles. The van der Waals surface area contributed by atoms with E-state index in [1.54, 1.807) is 0 Å².